The Morgan fingerprint density at radius 2 is 2.30 bits per heavy atom. The summed E-state index contributed by atoms with van der Waals surface area (Å²) >= 11 is 0. The molecule has 0 heteroatoms. The molecule has 1 aliphatic carbocycles. The van der Waals surface area contributed by atoms with Crippen LogP contribution in [0.25, 0.3) is 0 Å². The van der Waals surface area contributed by atoms with Crippen molar-refractivity contribution in [1.29, 1.82) is 0 Å². The first kappa shape index (κ1) is 8.10. The molecule has 0 amide bonds. The molecule has 2 unspecified atom stereocenters. The zero-order valence-electron chi connectivity index (χ0n) is 7.48. The molecule has 0 aromatic heterocycles. The van der Waals surface area contributed by atoms with Crippen LogP contribution in [0.1, 0.15) is 46.5 Å². The van der Waals surface area contributed by atoms with Crippen molar-refractivity contribution in [3.05, 3.63) is 5.92 Å². The summed E-state index contributed by atoms with van der Waals surface area (Å²) in [5.74, 6) is 3.65. The molecule has 1 aliphatic rings. The summed E-state index contributed by atoms with van der Waals surface area (Å²) in [4.78, 5) is 0. The Morgan fingerprint density at radius 3 is 2.70 bits per heavy atom. The molecule has 0 aromatic rings. The molecule has 0 nitrogen and oxygen atoms in total. The van der Waals surface area contributed by atoms with Gasteiger partial charge in [0, 0.05) is 0 Å². The van der Waals surface area contributed by atoms with Gasteiger partial charge in [0.15, 0.2) is 0 Å². The van der Waals surface area contributed by atoms with Gasteiger partial charge in [0.1, 0.15) is 0 Å². The van der Waals surface area contributed by atoms with E-state index in [1.54, 1.807) is 0 Å². The summed E-state index contributed by atoms with van der Waals surface area (Å²) in [6, 6.07) is 0. The van der Waals surface area contributed by atoms with Crippen molar-refractivity contribution < 1.29 is 0 Å². The van der Waals surface area contributed by atoms with Crippen molar-refractivity contribution in [2.45, 2.75) is 46.5 Å². The molecule has 0 saturated heterocycles. The Kier molecular flexibility index (Phi) is 2.76. The van der Waals surface area contributed by atoms with Gasteiger partial charge in [-0.3, -0.25) is 0 Å². The SMILES string of the molecule is CCC(C)[C]1CCCC1C. The first-order valence-corrected chi connectivity index (χ1v) is 4.61. The van der Waals surface area contributed by atoms with Crippen molar-refractivity contribution in [1.82, 2.24) is 0 Å². The first-order valence-electron chi connectivity index (χ1n) is 4.61. The quantitative estimate of drug-likeness (QED) is 0.550. The summed E-state index contributed by atoms with van der Waals surface area (Å²) in [6.07, 6.45) is 5.64. The summed E-state index contributed by atoms with van der Waals surface area (Å²) in [5, 5.41) is 0. The normalized spacial score (nSPS) is 30.9. The van der Waals surface area contributed by atoms with Crippen molar-refractivity contribution >= 4 is 0 Å². The maximum absolute atomic E-state index is 2.38. The molecular weight excluding hydrogens is 120 g/mol. The fourth-order valence-corrected chi connectivity index (χ4v) is 2.04. The van der Waals surface area contributed by atoms with E-state index in [-0.39, 0.29) is 0 Å². The van der Waals surface area contributed by atoms with Gasteiger partial charge >= 0.3 is 0 Å². The lowest BCUT2D eigenvalue weighted by Gasteiger charge is -2.20. The molecule has 10 heavy (non-hydrogen) atoms. The summed E-state index contributed by atoms with van der Waals surface area (Å²) in [7, 11) is 0. The zero-order valence-corrected chi connectivity index (χ0v) is 7.48. The lowest BCUT2D eigenvalue weighted by Crippen LogP contribution is -2.10. The first-order chi connectivity index (χ1) is 4.75. The minimum absolute atomic E-state index is 0.887. The standard InChI is InChI=1S/C10H19/c1-4-8(2)10-7-5-6-9(10)3/h8-9H,4-7H2,1-3H3. The highest BCUT2D eigenvalue weighted by atomic mass is 14.3. The summed E-state index contributed by atoms with van der Waals surface area (Å²) in [6.45, 7) is 7.05. The molecular formula is C10H19. The van der Waals surface area contributed by atoms with Crippen LogP contribution in [0.2, 0.25) is 0 Å². The molecule has 2 atom stereocenters. The molecule has 0 bridgehead atoms. The maximum Gasteiger partial charge on any atom is -0.0185 e. The van der Waals surface area contributed by atoms with Gasteiger partial charge in [0.2, 0.25) is 0 Å². The molecule has 59 valence electrons. The van der Waals surface area contributed by atoms with Crippen LogP contribution in [0.4, 0.5) is 0 Å². The molecule has 0 N–H and O–H groups in total. The monoisotopic (exact) mass is 139 g/mol. The summed E-state index contributed by atoms with van der Waals surface area (Å²) in [5.41, 5.74) is 0. The molecule has 1 rings (SSSR count). The van der Waals surface area contributed by atoms with Crippen molar-refractivity contribution in [3.8, 4) is 0 Å². The lowest BCUT2D eigenvalue weighted by molar-refractivity contribution is 0.479. The molecule has 0 aliphatic heterocycles. The Balaban J connectivity index is 2.38. The van der Waals surface area contributed by atoms with E-state index < -0.39 is 0 Å². The molecule has 0 spiro atoms. The molecule has 1 radical (unpaired) electrons. The third-order valence-electron chi connectivity index (χ3n) is 2.98. The smallest absolute Gasteiger partial charge is 0.0185 e. The molecule has 0 aromatic carbocycles. The van der Waals surface area contributed by atoms with Gasteiger partial charge in [-0.25, -0.2) is 0 Å². The van der Waals surface area contributed by atoms with Crippen molar-refractivity contribution in [3.63, 3.8) is 0 Å². The highest BCUT2D eigenvalue weighted by molar-refractivity contribution is 5.02. The van der Waals surface area contributed by atoms with Crippen LogP contribution >= 0.6 is 0 Å². The van der Waals surface area contributed by atoms with E-state index in [9.17, 15) is 0 Å². The second-order valence-corrected chi connectivity index (χ2v) is 3.68. The molecule has 0 heterocycles. The van der Waals surface area contributed by atoms with E-state index >= 15 is 0 Å². The van der Waals surface area contributed by atoms with Gasteiger partial charge in [-0.1, -0.05) is 40.0 Å². The van der Waals surface area contributed by atoms with E-state index in [0.717, 1.165) is 11.8 Å². The van der Waals surface area contributed by atoms with Crippen LogP contribution in [0.15, 0.2) is 0 Å². The average molecular weight is 139 g/mol. The van der Waals surface area contributed by atoms with Crippen LogP contribution in [-0.4, -0.2) is 0 Å². The third-order valence-corrected chi connectivity index (χ3v) is 2.98. The second-order valence-electron chi connectivity index (χ2n) is 3.68. The highest BCUT2D eigenvalue weighted by Crippen LogP contribution is 2.39. The third kappa shape index (κ3) is 1.53. The van der Waals surface area contributed by atoms with Crippen LogP contribution in [0.3, 0.4) is 0 Å². The lowest BCUT2D eigenvalue weighted by atomic mass is 9.85. The molecule has 1 saturated carbocycles. The number of hydrogen-bond donors (Lipinski definition) is 0. The second kappa shape index (κ2) is 3.41. The fraction of sp³-hybridized carbons (Fsp3) is 0.900. The van der Waals surface area contributed by atoms with Crippen LogP contribution < -0.4 is 0 Å². The van der Waals surface area contributed by atoms with Crippen LogP contribution in [-0.2, 0) is 0 Å². The molecule has 1 fully saturated rings. The van der Waals surface area contributed by atoms with Gasteiger partial charge in [-0.15, -0.1) is 0 Å². The van der Waals surface area contributed by atoms with Crippen LogP contribution in [0.5, 0.6) is 0 Å². The highest BCUT2D eigenvalue weighted by Gasteiger charge is 2.27. The van der Waals surface area contributed by atoms with Crippen molar-refractivity contribution in [2.24, 2.45) is 11.8 Å². The van der Waals surface area contributed by atoms with Gasteiger partial charge in [0.25, 0.3) is 0 Å². The van der Waals surface area contributed by atoms with E-state index in [1.165, 1.54) is 25.7 Å². The minimum Gasteiger partial charge on any atom is -0.0651 e. The van der Waals surface area contributed by atoms with E-state index in [0.29, 0.717) is 0 Å². The summed E-state index contributed by atoms with van der Waals surface area (Å²) < 4.78 is 0. The van der Waals surface area contributed by atoms with E-state index in [1.807, 2.05) is 5.92 Å². The van der Waals surface area contributed by atoms with E-state index in [4.69, 9.17) is 0 Å². The van der Waals surface area contributed by atoms with Gasteiger partial charge < -0.3 is 0 Å². The van der Waals surface area contributed by atoms with Gasteiger partial charge in [-0.05, 0) is 24.2 Å². The number of hydrogen-bond acceptors (Lipinski definition) is 0. The topological polar surface area (TPSA) is 0 Å². The van der Waals surface area contributed by atoms with Crippen molar-refractivity contribution in [2.75, 3.05) is 0 Å². The zero-order chi connectivity index (χ0) is 7.56. The largest absolute Gasteiger partial charge is 0.0651 e. The van der Waals surface area contributed by atoms with E-state index in [2.05, 4.69) is 20.8 Å². The number of rotatable bonds is 2. The Morgan fingerprint density at radius 1 is 1.60 bits per heavy atom. The van der Waals surface area contributed by atoms with Gasteiger partial charge in [-0.2, -0.15) is 0 Å². The van der Waals surface area contributed by atoms with Crippen LogP contribution in [0, 0.1) is 17.8 Å². The predicted octanol–water partition coefficient (Wildman–Crippen LogP) is 3.43. The average Bonchev–Trinajstić information content (AvgIpc) is 2.34. The van der Waals surface area contributed by atoms with Gasteiger partial charge in [0.05, 0.1) is 0 Å². The Bertz CT molecular complexity index is 96.2. The minimum atomic E-state index is 0.887. The predicted molar refractivity (Wildman–Crippen MR) is 45.7 cm³/mol. The fourth-order valence-electron chi connectivity index (χ4n) is 2.04. The maximum atomic E-state index is 2.38. The Hall–Kier alpha value is 0. The Labute approximate surface area is 65.0 Å².